The van der Waals surface area contributed by atoms with Crippen molar-refractivity contribution in [2.24, 2.45) is 5.73 Å². The Balaban J connectivity index is 3.10. The molecule has 0 unspecified atom stereocenters. The van der Waals surface area contributed by atoms with Crippen LogP contribution in [0, 0.1) is 0 Å². The van der Waals surface area contributed by atoms with Gasteiger partial charge in [-0.15, -0.1) is 0 Å². The lowest BCUT2D eigenvalue weighted by atomic mass is 9.86. The molecule has 0 amide bonds. The zero-order chi connectivity index (χ0) is 10.1. The van der Waals surface area contributed by atoms with Crippen LogP contribution in [0.3, 0.4) is 0 Å². The molecule has 1 rings (SSSR count). The van der Waals surface area contributed by atoms with E-state index >= 15 is 0 Å². The minimum Gasteiger partial charge on any atom is -0.398 e. The quantitative estimate of drug-likeness (QED) is 0.646. The van der Waals surface area contributed by atoms with E-state index in [0.717, 1.165) is 11.3 Å². The Labute approximate surface area is 79.9 Å². The average molecular weight is 178 g/mol. The molecule has 0 atom stereocenters. The van der Waals surface area contributed by atoms with Gasteiger partial charge in [-0.2, -0.15) is 0 Å². The maximum atomic E-state index is 5.85. The largest absolute Gasteiger partial charge is 0.398 e. The molecular weight excluding hydrogens is 160 g/mol. The topological polar surface area (TPSA) is 52.0 Å². The lowest BCUT2D eigenvalue weighted by Gasteiger charge is -2.20. The summed E-state index contributed by atoms with van der Waals surface area (Å²) in [6.45, 7) is 7.02. The molecule has 13 heavy (non-hydrogen) atoms. The summed E-state index contributed by atoms with van der Waals surface area (Å²) in [6.07, 6.45) is 0. The first-order valence-corrected chi connectivity index (χ1v) is 4.54. The standard InChI is InChI=1S/C11H18N2/c1-11(2,3)9-5-4-8(7-12)10(13)6-9/h4-6H,7,12-13H2,1-3H3. The number of rotatable bonds is 1. The Morgan fingerprint density at radius 3 is 2.23 bits per heavy atom. The summed E-state index contributed by atoms with van der Waals surface area (Å²) in [5.41, 5.74) is 14.6. The molecule has 2 heteroatoms. The van der Waals surface area contributed by atoms with Crippen LogP contribution in [0.1, 0.15) is 31.9 Å². The maximum Gasteiger partial charge on any atom is 0.0362 e. The molecular formula is C11H18N2. The van der Waals surface area contributed by atoms with Gasteiger partial charge in [0.2, 0.25) is 0 Å². The Morgan fingerprint density at radius 2 is 1.85 bits per heavy atom. The van der Waals surface area contributed by atoms with E-state index in [9.17, 15) is 0 Å². The summed E-state index contributed by atoms with van der Waals surface area (Å²) in [4.78, 5) is 0. The highest BCUT2D eigenvalue weighted by molar-refractivity contribution is 5.50. The fourth-order valence-corrected chi connectivity index (χ4v) is 1.25. The van der Waals surface area contributed by atoms with Gasteiger partial charge in [-0.25, -0.2) is 0 Å². The smallest absolute Gasteiger partial charge is 0.0362 e. The van der Waals surface area contributed by atoms with Gasteiger partial charge in [0.05, 0.1) is 0 Å². The maximum absolute atomic E-state index is 5.85. The van der Waals surface area contributed by atoms with Gasteiger partial charge in [0, 0.05) is 12.2 Å². The first kappa shape index (κ1) is 10.1. The summed E-state index contributed by atoms with van der Waals surface area (Å²) >= 11 is 0. The van der Waals surface area contributed by atoms with E-state index in [2.05, 4.69) is 26.8 Å². The van der Waals surface area contributed by atoms with Crippen molar-refractivity contribution in [3.63, 3.8) is 0 Å². The number of hydrogen-bond acceptors (Lipinski definition) is 2. The van der Waals surface area contributed by atoms with Crippen molar-refractivity contribution in [2.45, 2.75) is 32.7 Å². The fraction of sp³-hybridized carbons (Fsp3) is 0.455. The third-order valence-electron chi connectivity index (χ3n) is 2.23. The highest BCUT2D eigenvalue weighted by atomic mass is 14.6. The molecule has 0 bridgehead atoms. The normalized spacial score (nSPS) is 11.7. The Morgan fingerprint density at radius 1 is 1.23 bits per heavy atom. The van der Waals surface area contributed by atoms with Crippen molar-refractivity contribution in [1.29, 1.82) is 0 Å². The highest BCUT2D eigenvalue weighted by Gasteiger charge is 2.14. The number of nitrogens with two attached hydrogens (primary N) is 2. The minimum atomic E-state index is 0.154. The van der Waals surface area contributed by atoms with Crippen molar-refractivity contribution in [2.75, 3.05) is 5.73 Å². The molecule has 4 N–H and O–H groups in total. The first-order valence-electron chi connectivity index (χ1n) is 4.54. The summed E-state index contributed by atoms with van der Waals surface area (Å²) < 4.78 is 0. The Kier molecular flexibility index (Phi) is 2.62. The van der Waals surface area contributed by atoms with Gasteiger partial charge in [0.15, 0.2) is 0 Å². The summed E-state index contributed by atoms with van der Waals surface area (Å²) in [7, 11) is 0. The zero-order valence-corrected chi connectivity index (χ0v) is 8.59. The summed E-state index contributed by atoms with van der Waals surface area (Å²) in [5.74, 6) is 0. The van der Waals surface area contributed by atoms with Crippen LogP contribution in [0.25, 0.3) is 0 Å². The van der Waals surface area contributed by atoms with Gasteiger partial charge < -0.3 is 11.5 Å². The van der Waals surface area contributed by atoms with Gasteiger partial charge in [-0.05, 0) is 22.6 Å². The predicted molar refractivity (Wildman–Crippen MR) is 57.4 cm³/mol. The molecule has 0 saturated carbocycles. The number of nitrogen functional groups attached to an aromatic ring is 1. The second-order valence-corrected chi connectivity index (χ2v) is 4.37. The van der Waals surface area contributed by atoms with E-state index < -0.39 is 0 Å². The third kappa shape index (κ3) is 2.22. The molecule has 0 spiro atoms. The van der Waals surface area contributed by atoms with Crippen LogP contribution < -0.4 is 11.5 Å². The van der Waals surface area contributed by atoms with Crippen molar-refractivity contribution in [3.05, 3.63) is 29.3 Å². The molecule has 0 aromatic heterocycles. The predicted octanol–water partition coefficient (Wildman–Crippen LogP) is 2.03. The molecule has 0 aliphatic carbocycles. The highest BCUT2D eigenvalue weighted by Crippen LogP contribution is 2.25. The van der Waals surface area contributed by atoms with Crippen LogP contribution in [0.15, 0.2) is 18.2 Å². The molecule has 0 heterocycles. The molecule has 0 aliphatic heterocycles. The second-order valence-electron chi connectivity index (χ2n) is 4.37. The Hall–Kier alpha value is -1.02. The molecule has 2 nitrogen and oxygen atoms in total. The minimum absolute atomic E-state index is 0.154. The molecule has 1 aromatic carbocycles. The summed E-state index contributed by atoms with van der Waals surface area (Å²) in [6, 6.07) is 6.12. The van der Waals surface area contributed by atoms with Crippen molar-refractivity contribution in [1.82, 2.24) is 0 Å². The van der Waals surface area contributed by atoms with E-state index in [1.807, 2.05) is 12.1 Å². The fourth-order valence-electron chi connectivity index (χ4n) is 1.25. The molecule has 0 saturated heterocycles. The van der Waals surface area contributed by atoms with Gasteiger partial charge in [0.25, 0.3) is 0 Å². The SMILES string of the molecule is CC(C)(C)c1ccc(CN)c(N)c1. The van der Waals surface area contributed by atoms with Gasteiger partial charge in [-0.3, -0.25) is 0 Å². The number of benzene rings is 1. The van der Waals surface area contributed by atoms with E-state index in [4.69, 9.17) is 11.5 Å². The van der Waals surface area contributed by atoms with Crippen LogP contribution >= 0.6 is 0 Å². The Bertz CT molecular complexity index is 297. The molecule has 0 radical (unpaired) electrons. The van der Waals surface area contributed by atoms with Gasteiger partial charge in [-0.1, -0.05) is 32.9 Å². The van der Waals surface area contributed by atoms with Crippen molar-refractivity contribution in [3.8, 4) is 0 Å². The monoisotopic (exact) mass is 178 g/mol. The van der Waals surface area contributed by atoms with Crippen LogP contribution in [-0.4, -0.2) is 0 Å². The lowest BCUT2D eigenvalue weighted by molar-refractivity contribution is 0.590. The van der Waals surface area contributed by atoms with Crippen LogP contribution in [0.5, 0.6) is 0 Å². The van der Waals surface area contributed by atoms with Gasteiger partial charge >= 0.3 is 0 Å². The first-order chi connectivity index (χ1) is 5.95. The number of anilines is 1. The van der Waals surface area contributed by atoms with Crippen LogP contribution in [-0.2, 0) is 12.0 Å². The molecule has 0 fully saturated rings. The van der Waals surface area contributed by atoms with Crippen molar-refractivity contribution < 1.29 is 0 Å². The van der Waals surface area contributed by atoms with E-state index in [-0.39, 0.29) is 5.41 Å². The average Bonchev–Trinajstić information content (AvgIpc) is 2.02. The van der Waals surface area contributed by atoms with Gasteiger partial charge in [0.1, 0.15) is 0 Å². The van der Waals surface area contributed by atoms with E-state index in [1.165, 1.54) is 5.56 Å². The van der Waals surface area contributed by atoms with E-state index in [0.29, 0.717) is 6.54 Å². The lowest BCUT2D eigenvalue weighted by Crippen LogP contribution is -2.12. The summed E-state index contributed by atoms with van der Waals surface area (Å²) in [5, 5.41) is 0. The molecule has 0 aliphatic rings. The van der Waals surface area contributed by atoms with Crippen LogP contribution in [0.2, 0.25) is 0 Å². The van der Waals surface area contributed by atoms with Crippen LogP contribution in [0.4, 0.5) is 5.69 Å². The zero-order valence-electron chi connectivity index (χ0n) is 8.59. The van der Waals surface area contributed by atoms with Crippen molar-refractivity contribution >= 4 is 5.69 Å². The molecule has 72 valence electrons. The number of hydrogen-bond donors (Lipinski definition) is 2. The second kappa shape index (κ2) is 3.38. The third-order valence-corrected chi connectivity index (χ3v) is 2.23. The van der Waals surface area contributed by atoms with E-state index in [1.54, 1.807) is 0 Å². The molecule has 1 aromatic rings.